The molecular weight excluding hydrogens is 402 g/mol. The molecule has 2 aliphatic heterocycles. The van der Waals surface area contributed by atoms with Gasteiger partial charge < -0.3 is 19.2 Å². The molecule has 1 fully saturated rings. The third-order valence-corrected chi connectivity index (χ3v) is 6.75. The van der Waals surface area contributed by atoms with Crippen LogP contribution in [0.1, 0.15) is 34.2 Å². The summed E-state index contributed by atoms with van der Waals surface area (Å²) in [5, 5.41) is 1.11. The lowest BCUT2D eigenvalue weighted by molar-refractivity contribution is -0.159. The summed E-state index contributed by atoms with van der Waals surface area (Å²) in [4.78, 5) is 34.2. The van der Waals surface area contributed by atoms with Gasteiger partial charge in [0, 0.05) is 23.0 Å². The Balaban J connectivity index is 1.50. The number of aromatic nitrogens is 1. The molecular formula is C26H23N3O3. The number of aromatic amines is 1. The zero-order valence-corrected chi connectivity index (χ0v) is 17.7. The van der Waals surface area contributed by atoms with Crippen LogP contribution in [-0.4, -0.2) is 39.2 Å². The molecule has 4 heterocycles. The van der Waals surface area contributed by atoms with Crippen molar-refractivity contribution in [2.24, 2.45) is 0 Å². The van der Waals surface area contributed by atoms with E-state index < -0.39 is 6.04 Å². The SMILES string of the molecule is Cc1ccccc1[C@@H]1c2[nH]c3ccccc3c2C[C@H]2C(=O)N(Cc3ccco3)CC(=O)N12. The van der Waals surface area contributed by atoms with Crippen LogP contribution in [0.25, 0.3) is 10.9 Å². The van der Waals surface area contributed by atoms with E-state index in [1.54, 1.807) is 22.1 Å². The Hall–Kier alpha value is -3.80. The molecule has 6 nitrogen and oxygen atoms in total. The van der Waals surface area contributed by atoms with Crippen LogP contribution < -0.4 is 0 Å². The Morgan fingerprint density at radius 3 is 2.66 bits per heavy atom. The summed E-state index contributed by atoms with van der Waals surface area (Å²) < 4.78 is 5.44. The number of furan rings is 1. The van der Waals surface area contributed by atoms with Gasteiger partial charge in [-0.3, -0.25) is 9.59 Å². The van der Waals surface area contributed by atoms with Crippen LogP contribution in [-0.2, 0) is 22.6 Å². The molecule has 1 N–H and O–H groups in total. The molecule has 2 aromatic heterocycles. The van der Waals surface area contributed by atoms with Gasteiger partial charge >= 0.3 is 0 Å². The van der Waals surface area contributed by atoms with Gasteiger partial charge in [0.15, 0.2) is 0 Å². The smallest absolute Gasteiger partial charge is 0.246 e. The molecule has 2 aliphatic rings. The minimum Gasteiger partial charge on any atom is -0.467 e. The van der Waals surface area contributed by atoms with E-state index in [4.69, 9.17) is 4.42 Å². The van der Waals surface area contributed by atoms with Gasteiger partial charge in [0.25, 0.3) is 0 Å². The summed E-state index contributed by atoms with van der Waals surface area (Å²) in [7, 11) is 0. The molecule has 6 heteroatoms. The van der Waals surface area contributed by atoms with E-state index in [0.717, 1.165) is 33.3 Å². The number of para-hydroxylation sites is 1. The normalized spacial score (nSPS) is 20.5. The van der Waals surface area contributed by atoms with Crippen molar-refractivity contribution >= 4 is 22.7 Å². The number of rotatable bonds is 3. The first-order valence-electron chi connectivity index (χ1n) is 10.9. The van der Waals surface area contributed by atoms with Gasteiger partial charge in [-0.1, -0.05) is 42.5 Å². The summed E-state index contributed by atoms with van der Waals surface area (Å²) >= 11 is 0. The number of carbonyl (C=O) groups is 2. The Morgan fingerprint density at radius 1 is 1.03 bits per heavy atom. The second-order valence-corrected chi connectivity index (χ2v) is 8.62. The van der Waals surface area contributed by atoms with Crippen LogP contribution in [0.5, 0.6) is 0 Å². The maximum absolute atomic E-state index is 13.6. The number of benzene rings is 2. The Morgan fingerprint density at radius 2 is 1.84 bits per heavy atom. The fourth-order valence-corrected chi connectivity index (χ4v) is 5.27. The van der Waals surface area contributed by atoms with Crippen molar-refractivity contribution in [3.8, 4) is 0 Å². The van der Waals surface area contributed by atoms with Crippen molar-refractivity contribution in [2.75, 3.05) is 6.54 Å². The quantitative estimate of drug-likeness (QED) is 0.540. The number of amides is 2. The Kier molecular flexibility index (Phi) is 4.21. The van der Waals surface area contributed by atoms with Crippen molar-refractivity contribution in [2.45, 2.75) is 32.0 Å². The molecule has 0 saturated carbocycles. The second kappa shape index (κ2) is 7.12. The fraction of sp³-hybridized carbons (Fsp3) is 0.231. The molecule has 0 bridgehead atoms. The lowest BCUT2D eigenvalue weighted by Crippen LogP contribution is -2.62. The number of carbonyl (C=O) groups excluding carboxylic acids is 2. The molecule has 4 aromatic rings. The maximum atomic E-state index is 13.6. The van der Waals surface area contributed by atoms with Crippen LogP contribution in [0, 0.1) is 6.92 Å². The first-order valence-corrected chi connectivity index (χ1v) is 10.9. The molecule has 0 radical (unpaired) electrons. The number of H-pyrrole nitrogens is 1. The van der Waals surface area contributed by atoms with Gasteiger partial charge in [0.1, 0.15) is 18.3 Å². The summed E-state index contributed by atoms with van der Waals surface area (Å²) in [6.07, 6.45) is 2.09. The summed E-state index contributed by atoms with van der Waals surface area (Å²) in [6.45, 7) is 2.41. The number of piperazine rings is 1. The number of nitrogens with zero attached hydrogens (tertiary/aromatic N) is 2. The van der Waals surface area contributed by atoms with E-state index >= 15 is 0 Å². The molecule has 2 atom stereocenters. The maximum Gasteiger partial charge on any atom is 0.246 e. The number of nitrogens with one attached hydrogen (secondary N) is 1. The number of fused-ring (bicyclic) bond motifs is 4. The van der Waals surface area contributed by atoms with Gasteiger partial charge in [-0.2, -0.15) is 0 Å². The minimum absolute atomic E-state index is 0.0319. The predicted molar refractivity (Wildman–Crippen MR) is 120 cm³/mol. The first-order chi connectivity index (χ1) is 15.6. The highest BCUT2D eigenvalue weighted by molar-refractivity contribution is 5.97. The van der Waals surface area contributed by atoms with Gasteiger partial charge in [-0.05, 0) is 41.8 Å². The van der Waals surface area contributed by atoms with Gasteiger partial charge in [-0.25, -0.2) is 0 Å². The average Bonchev–Trinajstić information content (AvgIpc) is 3.44. The van der Waals surface area contributed by atoms with E-state index in [1.165, 1.54) is 0 Å². The van der Waals surface area contributed by atoms with Crippen LogP contribution in [0.15, 0.2) is 71.3 Å². The monoisotopic (exact) mass is 425 g/mol. The van der Waals surface area contributed by atoms with E-state index in [0.29, 0.717) is 18.7 Å². The molecule has 2 aromatic carbocycles. The lowest BCUT2D eigenvalue weighted by atomic mass is 9.85. The largest absolute Gasteiger partial charge is 0.467 e. The molecule has 2 amide bonds. The third kappa shape index (κ3) is 2.79. The van der Waals surface area contributed by atoms with Crippen molar-refractivity contribution in [3.63, 3.8) is 0 Å². The molecule has 160 valence electrons. The highest BCUT2D eigenvalue weighted by atomic mass is 16.3. The van der Waals surface area contributed by atoms with E-state index in [-0.39, 0.29) is 24.4 Å². The predicted octanol–water partition coefficient (Wildman–Crippen LogP) is 3.95. The highest BCUT2D eigenvalue weighted by Crippen LogP contribution is 2.43. The Bertz CT molecular complexity index is 1340. The van der Waals surface area contributed by atoms with Crippen molar-refractivity contribution in [3.05, 3.63) is 95.1 Å². The summed E-state index contributed by atoms with van der Waals surface area (Å²) in [5.41, 5.74) is 5.31. The van der Waals surface area contributed by atoms with Gasteiger partial charge in [0.2, 0.25) is 11.8 Å². The third-order valence-electron chi connectivity index (χ3n) is 6.75. The standard InChI is InChI=1S/C26H23N3O3/c1-16-7-2-3-9-18(16)25-24-20(19-10-4-5-11-21(19)27-24)13-22-26(31)28(15-23(30)29(22)25)14-17-8-6-12-32-17/h2-12,22,25,27H,13-15H2,1H3/t22-,25+/m0/s1. The molecule has 1 saturated heterocycles. The van der Waals surface area contributed by atoms with E-state index in [9.17, 15) is 9.59 Å². The minimum atomic E-state index is -0.539. The number of aryl methyl sites for hydroxylation is 1. The van der Waals surface area contributed by atoms with Gasteiger partial charge in [-0.15, -0.1) is 0 Å². The fourth-order valence-electron chi connectivity index (χ4n) is 5.27. The molecule has 32 heavy (non-hydrogen) atoms. The molecule has 6 rings (SSSR count). The first kappa shape index (κ1) is 18.9. The molecule has 0 unspecified atom stereocenters. The van der Waals surface area contributed by atoms with Crippen molar-refractivity contribution in [1.29, 1.82) is 0 Å². The highest BCUT2D eigenvalue weighted by Gasteiger charge is 2.48. The van der Waals surface area contributed by atoms with Gasteiger partial charge in [0.05, 0.1) is 18.8 Å². The van der Waals surface area contributed by atoms with Crippen LogP contribution in [0.2, 0.25) is 0 Å². The second-order valence-electron chi connectivity index (χ2n) is 8.62. The summed E-state index contributed by atoms with van der Waals surface area (Å²) in [5.74, 6) is 0.605. The van der Waals surface area contributed by atoms with Crippen LogP contribution in [0.3, 0.4) is 0 Å². The lowest BCUT2D eigenvalue weighted by Gasteiger charge is -2.47. The van der Waals surface area contributed by atoms with E-state index in [2.05, 4.69) is 36.2 Å². The zero-order chi connectivity index (χ0) is 21.8. The van der Waals surface area contributed by atoms with Crippen molar-refractivity contribution < 1.29 is 14.0 Å². The average molecular weight is 425 g/mol. The van der Waals surface area contributed by atoms with Crippen molar-refractivity contribution in [1.82, 2.24) is 14.8 Å². The summed E-state index contributed by atoms with van der Waals surface area (Å²) in [6, 6.07) is 19.0. The molecule has 0 spiro atoms. The zero-order valence-electron chi connectivity index (χ0n) is 17.7. The molecule has 0 aliphatic carbocycles. The Labute approximate surface area is 185 Å². The van der Waals surface area contributed by atoms with Crippen LogP contribution in [0.4, 0.5) is 0 Å². The number of hydrogen-bond donors (Lipinski definition) is 1. The van der Waals surface area contributed by atoms with Crippen LogP contribution >= 0.6 is 0 Å². The topological polar surface area (TPSA) is 69.5 Å². The van der Waals surface area contributed by atoms with E-state index in [1.807, 2.05) is 30.3 Å². The number of hydrogen-bond acceptors (Lipinski definition) is 3.